The number of fused-ring (bicyclic) bond motifs is 4. The van der Waals surface area contributed by atoms with Crippen LogP contribution in [0.1, 0.15) is 35.4 Å². The Labute approximate surface area is 317 Å². The first-order valence-electron chi connectivity index (χ1n) is 18.4. The number of hydrazine groups is 1. The number of phenolic OH excluding ortho intramolecular Hbond substituents is 1. The van der Waals surface area contributed by atoms with Crippen LogP contribution in [0.2, 0.25) is 5.02 Å². The number of rotatable bonds is 6. The summed E-state index contributed by atoms with van der Waals surface area (Å²) in [5.74, 6) is -5.08. The van der Waals surface area contributed by atoms with Gasteiger partial charge in [0.2, 0.25) is 11.8 Å². The molecule has 3 heterocycles. The second-order valence-electron chi connectivity index (χ2n) is 14.9. The maximum atomic E-state index is 15.3. The maximum absolute atomic E-state index is 15.3. The first kappa shape index (κ1) is 34.3. The summed E-state index contributed by atoms with van der Waals surface area (Å²) in [5.41, 5.74) is 6.77. The van der Waals surface area contributed by atoms with Gasteiger partial charge in [-0.25, -0.2) is 0 Å². The molecule has 5 aliphatic rings. The zero-order valence-electron chi connectivity index (χ0n) is 29.7. The lowest BCUT2D eigenvalue weighted by atomic mass is 9.49. The number of allylic oxidation sites excluding steroid dienone is 2. The Kier molecular flexibility index (Phi) is 8.35. The van der Waals surface area contributed by atoms with Crippen molar-refractivity contribution in [3.63, 3.8) is 0 Å². The molecular weight excluding hydrogens is 704 g/mol. The number of hydrogen-bond donors (Lipinski definition) is 2. The van der Waals surface area contributed by atoms with E-state index in [2.05, 4.69) is 10.3 Å². The van der Waals surface area contributed by atoms with E-state index < -0.39 is 46.8 Å². The van der Waals surface area contributed by atoms with Gasteiger partial charge in [0.1, 0.15) is 5.75 Å². The summed E-state index contributed by atoms with van der Waals surface area (Å²) >= 11 is 6.98. The van der Waals surface area contributed by atoms with Crippen LogP contribution in [0.15, 0.2) is 109 Å². The third-order valence-electron chi connectivity index (χ3n) is 12.2. The number of halogens is 1. The lowest BCUT2D eigenvalue weighted by molar-refractivity contribution is -0.138. The van der Waals surface area contributed by atoms with Crippen molar-refractivity contribution in [2.75, 3.05) is 41.5 Å². The second-order valence-corrected chi connectivity index (χ2v) is 15.3. The largest absolute Gasteiger partial charge is 0.508 e. The molecule has 4 aromatic carbocycles. The first-order valence-corrected chi connectivity index (χ1v) is 18.8. The molecule has 0 unspecified atom stereocenters. The summed E-state index contributed by atoms with van der Waals surface area (Å²) < 4.78 is 5.50. The highest BCUT2D eigenvalue weighted by Gasteiger charge is 2.70. The van der Waals surface area contributed by atoms with Crippen LogP contribution in [-0.4, -0.2) is 60.0 Å². The molecule has 4 aromatic rings. The number of ether oxygens (including phenoxy) is 1. The van der Waals surface area contributed by atoms with Crippen molar-refractivity contribution in [3.05, 3.63) is 130 Å². The van der Waals surface area contributed by atoms with Gasteiger partial charge in [-0.1, -0.05) is 77.3 Å². The van der Waals surface area contributed by atoms with Crippen LogP contribution in [0.4, 0.5) is 17.1 Å². The van der Waals surface area contributed by atoms with E-state index in [1.807, 2.05) is 91.9 Å². The third-order valence-corrected chi connectivity index (χ3v) is 12.5. The molecule has 6 atom stereocenters. The van der Waals surface area contributed by atoms with Crippen molar-refractivity contribution in [3.8, 4) is 5.75 Å². The monoisotopic (exact) mass is 742 g/mol. The van der Waals surface area contributed by atoms with E-state index in [1.54, 1.807) is 6.07 Å². The molecule has 54 heavy (non-hydrogen) atoms. The van der Waals surface area contributed by atoms with Crippen LogP contribution in [0.5, 0.6) is 5.75 Å². The van der Waals surface area contributed by atoms with E-state index in [9.17, 15) is 19.5 Å². The number of phenols is 1. The highest BCUT2D eigenvalue weighted by molar-refractivity contribution is 6.31. The van der Waals surface area contributed by atoms with Crippen LogP contribution >= 0.6 is 11.6 Å². The number of imide groups is 2. The molecule has 4 fully saturated rings. The highest BCUT2D eigenvalue weighted by Crippen LogP contribution is 2.65. The summed E-state index contributed by atoms with van der Waals surface area (Å²) in [5, 5.41) is 11.8. The summed E-state index contributed by atoms with van der Waals surface area (Å²) in [6, 6.07) is 28.9. The zero-order valence-corrected chi connectivity index (χ0v) is 30.4. The number of aromatic hydroxyl groups is 1. The number of amides is 4. The third kappa shape index (κ3) is 5.18. The number of hydrogen-bond acceptors (Lipinski definition) is 8. The summed E-state index contributed by atoms with van der Waals surface area (Å²) in [6.07, 6.45) is 2.47. The Bertz CT molecular complexity index is 2200. The van der Waals surface area contributed by atoms with Crippen LogP contribution < -0.4 is 15.2 Å². The quantitative estimate of drug-likeness (QED) is 0.173. The molecule has 2 aliphatic carbocycles. The van der Waals surface area contributed by atoms with Crippen molar-refractivity contribution in [1.82, 2.24) is 5.01 Å². The molecule has 11 heteroatoms. The molecule has 274 valence electrons. The molecule has 0 spiro atoms. The van der Waals surface area contributed by atoms with E-state index in [0.29, 0.717) is 42.1 Å². The minimum atomic E-state index is -1.45. The minimum Gasteiger partial charge on any atom is -0.508 e. The van der Waals surface area contributed by atoms with Gasteiger partial charge in [0.25, 0.3) is 11.8 Å². The molecule has 2 N–H and O–H groups in total. The topological polar surface area (TPSA) is 119 Å². The Hall–Kier alpha value is -5.45. The van der Waals surface area contributed by atoms with Gasteiger partial charge in [0, 0.05) is 29.7 Å². The Balaban J connectivity index is 1.16. The summed E-state index contributed by atoms with van der Waals surface area (Å²) in [7, 11) is 0. The Morgan fingerprint density at radius 1 is 0.815 bits per heavy atom. The van der Waals surface area contributed by atoms with E-state index in [4.69, 9.17) is 16.3 Å². The Morgan fingerprint density at radius 3 is 2.22 bits per heavy atom. The van der Waals surface area contributed by atoms with E-state index in [1.165, 1.54) is 17.0 Å². The first-order chi connectivity index (χ1) is 26.2. The van der Waals surface area contributed by atoms with Crippen molar-refractivity contribution < 1.29 is 29.0 Å². The minimum absolute atomic E-state index is 0.0394. The molecule has 1 saturated carbocycles. The molecule has 0 bridgehead atoms. The number of carbonyl (C=O) groups is 4. The maximum Gasteiger partial charge on any atom is 0.260 e. The highest BCUT2D eigenvalue weighted by atomic mass is 35.5. The zero-order chi connectivity index (χ0) is 37.3. The van der Waals surface area contributed by atoms with Gasteiger partial charge in [-0.15, -0.1) is 0 Å². The average molecular weight is 743 g/mol. The van der Waals surface area contributed by atoms with Gasteiger partial charge in [-0.2, -0.15) is 5.01 Å². The fourth-order valence-electron chi connectivity index (χ4n) is 9.73. The van der Waals surface area contributed by atoms with Crippen molar-refractivity contribution >= 4 is 52.3 Å². The average Bonchev–Trinajstić information content (AvgIpc) is 3.57. The van der Waals surface area contributed by atoms with Crippen LogP contribution in [-0.2, 0) is 29.3 Å². The molecule has 3 saturated heterocycles. The summed E-state index contributed by atoms with van der Waals surface area (Å²) in [4.78, 5) is 62.6. The lowest BCUT2D eigenvalue weighted by Crippen LogP contribution is -2.53. The molecule has 10 nitrogen and oxygen atoms in total. The SMILES string of the molecule is Cc1ccc(NN2C(=O)[C@@H]3C[C@@H]4C(=CC[C@@H]5C(=O)N(c6ccc(N7CCOCC7)cc6)C(=O)[C@@H]54)[C@H](c4ccc(O)cc4Cl)[C@]3(c3ccccc3)C2=O)cc1. The number of morpholine rings is 1. The van der Waals surface area contributed by atoms with Gasteiger partial charge in [0.15, 0.2) is 0 Å². The number of benzene rings is 4. The Morgan fingerprint density at radius 2 is 1.52 bits per heavy atom. The van der Waals surface area contributed by atoms with Crippen LogP contribution in [0, 0.1) is 30.6 Å². The summed E-state index contributed by atoms with van der Waals surface area (Å²) in [6.45, 7) is 4.76. The van der Waals surface area contributed by atoms with E-state index in [0.717, 1.165) is 34.9 Å². The molecular formula is C43H39ClN4O6. The molecule has 0 radical (unpaired) electrons. The standard InChI is InChI=1S/C43H39ClN4O6/c1-25-7-9-27(10-8-25)45-48-40(51)35-24-34-31(38(32-16-15-30(49)23-36(32)44)43(35,42(48)53)26-5-3-2-4-6-26)17-18-33-37(34)41(52)47(39(33)50)29-13-11-28(12-14-29)46-19-21-54-22-20-46/h2-17,23,33-35,37-38,45,49H,18-22,24H2,1H3/t33-,34+,35-,37-,38+,43+/m0/s1. The number of nitrogens with zero attached hydrogens (tertiary/aromatic N) is 3. The van der Waals surface area contributed by atoms with Gasteiger partial charge in [-0.3, -0.25) is 29.5 Å². The molecule has 3 aliphatic heterocycles. The predicted octanol–water partition coefficient (Wildman–Crippen LogP) is 6.38. The molecule has 4 amide bonds. The fourth-order valence-corrected chi connectivity index (χ4v) is 10.0. The molecule has 9 rings (SSSR count). The number of carbonyl (C=O) groups excluding carboxylic acids is 4. The van der Waals surface area contributed by atoms with Gasteiger partial charge >= 0.3 is 0 Å². The van der Waals surface area contributed by atoms with Gasteiger partial charge in [0.05, 0.1) is 47.8 Å². The fraction of sp³-hybridized carbons (Fsp3) is 0.302. The van der Waals surface area contributed by atoms with Crippen LogP contribution in [0.25, 0.3) is 0 Å². The second kappa shape index (κ2) is 13.1. The number of nitrogens with one attached hydrogen (secondary N) is 1. The van der Waals surface area contributed by atoms with Crippen LogP contribution in [0.3, 0.4) is 0 Å². The normalized spacial score (nSPS) is 27.8. The number of anilines is 3. The van der Waals surface area contributed by atoms with Gasteiger partial charge < -0.3 is 14.7 Å². The van der Waals surface area contributed by atoms with Crippen molar-refractivity contribution in [2.24, 2.45) is 23.7 Å². The number of aryl methyl sites for hydroxylation is 1. The van der Waals surface area contributed by atoms with E-state index in [-0.39, 0.29) is 29.0 Å². The molecule has 0 aromatic heterocycles. The van der Waals surface area contributed by atoms with Crippen molar-refractivity contribution in [2.45, 2.75) is 31.1 Å². The van der Waals surface area contributed by atoms with Crippen molar-refractivity contribution in [1.29, 1.82) is 0 Å². The lowest BCUT2D eigenvalue weighted by Gasteiger charge is -2.50. The van der Waals surface area contributed by atoms with Gasteiger partial charge in [-0.05, 0) is 85.3 Å². The predicted molar refractivity (Wildman–Crippen MR) is 204 cm³/mol. The van der Waals surface area contributed by atoms with E-state index >= 15 is 4.79 Å². The smallest absolute Gasteiger partial charge is 0.260 e.